The van der Waals surface area contributed by atoms with E-state index in [1.165, 1.54) is 27.6 Å². The van der Waals surface area contributed by atoms with Crippen molar-refractivity contribution in [3.8, 4) is 0 Å². The molecule has 3 aromatic heterocycles. The number of hydrogen-bond donors (Lipinski definition) is 5. The quantitative estimate of drug-likeness (QED) is 0.0428. The summed E-state index contributed by atoms with van der Waals surface area (Å²) in [6, 6.07) is 6.06. The third-order valence-electron chi connectivity index (χ3n) is 7.47. The van der Waals surface area contributed by atoms with Gasteiger partial charge in [-0.15, -0.1) is 0 Å². The average Bonchev–Trinajstić information content (AvgIpc) is 3.72. The van der Waals surface area contributed by atoms with Gasteiger partial charge < -0.3 is 34.8 Å². The number of H-pyrrole nitrogens is 1. The molecule has 1 saturated heterocycles. The summed E-state index contributed by atoms with van der Waals surface area (Å²) >= 11 is 0. The Hall–Kier alpha value is -3.88. The molecule has 266 valence electrons. The van der Waals surface area contributed by atoms with Crippen LogP contribution in [-0.2, 0) is 39.2 Å². The van der Waals surface area contributed by atoms with Gasteiger partial charge in [0.25, 0.3) is 17.2 Å². The summed E-state index contributed by atoms with van der Waals surface area (Å²) in [5.41, 5.74) is 4.77. The number of aliphatic hydroxyl groups excluding tert-OH is 1. The maximum absolute atomic E-state index is 12.7. The van der Waals surface area contributed by atoms with Gasteiger partial charge in [-0.1, -0.05) is 37.9 Å². The summed E-state index contributed by atoms with van der Waals surface area (Å²) in [7, 11) is -8.61. The smallest absolute Gasteiger partial charge is 0.387 e. The maximum atomic E-state index is 12.7. The van der Waals surface area contributed by atoms with Crippen molar-refractivity contribution in [1.29, 1.82) is 0 Å². The second-order valence-electron chi connectivity index (χ2n) is 12.1. The molecule has 7 atom stereocenters. The first-order valence-electron chi connectivity index (χ1n) is 14.5. The lowest BCUT2D eigenvalue weighted by Crippen LogP contribution is -2.47. The molecule has 4 unspecified atom stereocenters. The standard InChI is InChI=1S/C26H34N8O13P2/c1-26(2,3)21(15-7-5-6-8-16(15)34(37)38)44-14-43-20-19(35)17(11-45-49(41,42)47-48(39,40)32-10-9-28-12-32)46-24(20)33-13-31(4)18-22(33)29-25(27)30-23(18)36/h5-10,12-13,17,19-21,24,35H,11,14H2,1-4H3,(H4-,27,29,30,36,39,40,41,42)/p+1/t17-,19+,20?,21?,24-/m1/s1. The van der Waals surface area contributed by atoms with E-state index in [2.05, 4.69) is 19.3 Å². The van der Waals surface area contributed by atoms with Gasteiger partial charge in [0.1, 0.15) is 31.4 Å². The lowest BCUT2D eigenvalue weighted by molar-refractivity contribution is -0.746. The fourth-order valence-corrected chi connectivity index (χ4v) is 7.71. The van der Waals surface area contributed by atoms with Gasteiger partial charge in [0.05, 0.1) is 30.2 Å². The first kappa shape index (κ1) is 36.4. The van der Waals surface area contributed by atoms with Gasteiger partial charge in [0.15, 0.2) is 6.33 Å². The number of aromatic amines is 1. The predicted octanol–water partition coefficient (Wildman–Crippen LogP) is 1.42. The van der Waals surface area contributed by atoms with Crippen molar-refractivity contribution in [3.63, 3.8) is 0 Å². The van der Waals surface area contributed by atoms with E-state index >= 15 is 0 Å². The van der Waals surface area contributed by atoms with Crippen LogP contribution in [-0.4, -0.2) is 75.4 Å². The van der Waals surface area contributed by atoms with Crippen molar-refractivity contribution in [2.75, 3.05) is 19.1 Å². The summed E-state index contributed by atoms with van der Waals surface area (Å²) in [6.07, 6.45) is -2.05. The van der Waals surface area contributed by atoms with E-state index < -0.39 is 75.5 Å². The van der Waals surface area contributed by atoms with E-state index in [1.807, 2.05) is 20.8 Å². The van der Waals surface area contributed by atoms with E-state index in [4.69, 9.17) is 24.5 Å². The molecule has 0 saturated carbocycles. The summed E-state index contributed by atoms with van der Waals surface area (Å²) < 4.78 is 56.0. The van der Waals surface area contributed by atoms with Crippen LogP contribution in [0.5, 0.6) is 0 Å². The number of aryl methyl sites for hydroxylation is 1. The predicted molar refractivity (Wildman–Crippen MR) is 166 cm³/mol. The first-order chi connectivity index (χ1) is 22.9. The highest BCUT2D eigenvalue weighted by molar-refractivity contribution is 7.63. The number of para-hydroxylation sites is 1. The number of aliphatic hydroxyl groups is 1. The fraction of sp³-hybridized carbons (Fsp3) is 0.462. The van der Waals surface area contributed by atoms with Gasteiger partial charge in [-0.25, -0.2) is 23.0 Å². The Kier molecular flexibility index (Phi) is 10.2. The normalized spacial score (nSPS) is 22.9. The van der Waals surface area contributed by atoms with Crippen molar-refractivity contribution in [2.24, 2.45) is 12.5 Å². The van der Waals surface area contributed by atoms with Crippen LogP contribution < -0.4 is 15.9 Å². The molecule has 0 spiro atoms. The number of nitrogens with two attached hydrogens (primary N) is 1. The molecule has 6 N–H and O–H groups in total. The van der Waals surface area contributed by atoms with Gasteiger partial charge in [0, 0.05) is 18.5 Å². The molecule has 1 aromatic carbocycles. The van der Waals surface area contributed by atoms with Crippen LogP contribution in [0.3, 0.4) is 0 Å². The topological polar surface area (TPSA) is 283 Å². The van der Waals surface area contributed by atoms with Crippen LogP contribution >= 0.6 is 15.6 Å². The van der Waals surface area contributed by atoms with Crippen molar-refractivity contribution in [2.45, 2.75) is 51.4 Å². The Bertz CT molecular complexity index is 1980. The van der Waals surface area contributed by atoms with Crippen LogP contribution in [0, 0.1) is 15.5 Å². The minimum absolute atomic E-state index is 0.0298. The molecule has 0 amide bonds. The van der Waals surface area contributed by atoms with Gasteiger partial charge in [-0.05, 0) is 11.5 Å². The van der Waals surface area contributed by atoms with Gasteiger partial charge in [0.2, 0.25) is 11.7 Å². The SMILES string of the molecule is Cn1c[n+]([C@@H]2O[C@H](COP(=O)(O)OP(=O)(O)n3ccnc3)[C@H](O)C2OCOC(c2ccccc2[N+](=O)[O-])C(C)(C)C)c2nc(N)[nH]c(=O)c21. The zero-order valence-corrected chi connectivity index (χ0v) is 28.3. The third kappa shape index (κ3) is 7.81. The molecule has 23 heteroatoms. The van der Waals surface area contributed by atoms with E-state index in [-0.39, 0.29) is 28.4 Å². The lowest BCUT2D eigenvalue weighted by Gasteiger charge is -2.31. The number of phosphoric ester groups is 1. The Balaban J connectivity index is 1.41. The number of nitrogen functional groups attached to an aromatic ring is 1. The van der Waals surface area contributed by atoms with E-state index in [1.54, 1.807) is 19.2 Å². The number of phosphoric acid groups is 1. The fourth-order valence-electron chi connectivity index (χ4n) is 5.35. The molecule has 1 aliphatic heterocycles. The molecule has 49 heavy (non-hydrogen) atoms. The van der Waals surface area contributed by atoms with E-state index in [9.17, 15) is 38.9 Å². The molecule has 4 aromatic rings. The zero-order valence-electron chi connectivity index (χ0n) is 26.5. The van der Waals surface area contributed by atoms with Crippen molar-refractivity contribution in [3.05, 3.63) is 75.3 Å². The number of rotatable bonds is 13. The molecular formula is C26H35N8O13P2+. The van der Waals surface area contributed by atoms with Crippen LogP contribution in [0.2, 0.25) is 0 Å². The molecule has 21 nitrogen and oxygen atoms in total. The van der Waals surface area contributed by atoms with Crippen LogP contribution in [0.4, 0.5) is 11.6 Å². The Morgan fingerprint density at radius 3 is 2.63 bits per heavy atom. The average molecular weight is 730 g/mol. The van der Waals surface area contributed by atoms with Crippen LogP contribution in [0.1, 0.15) is 38.7 Å². The molecule has 0 bridgehead atoms. The maximum Gasteiger partial charge on any atom is 0.480 e. The lowest BCUT2D eigenvalue weighted by atomic mass is 9.84. The minimum atomic E-state index is -5.25. The van der Waals surface area contributed by atoms with Gasteiger partial charge >= 0.3 is 21.2 Å². The molecule has 0 aliphatic carbocycles. The summed E-state index contributed by atoms with van der Waals surface area (Å²) in [4.78, 5) is 54.4. The second-order valence-corrected chi connectivity index (χ2v) is 15.4. The highest BCUT2D eigenvalue weighted by Gasteiger charge is 2.50. The Morgan fingerprint density at radius 1 is 1.27 bits per heavy atom. The summed E-state index contributed by atoms with van der Waals surface area (Å²) in [5.74, 6) is -0.223. The number of fused-ring (bicyclic) bond motifs is 1. The number of nitrogens with zero attached hydrogens (tertiary/aromatic N) is 6. The third-order valence-corrected chi connectivity index (χ3v) is 10.4. The molecular weight excluding hydrogens is 694 g/mol. The highest BCUT2D eigenvalue weighted by atomic mass is 31.3. The zero-order chi connectivity index (χ0) is 35.9. The summed E-state index contributed by atoms with van der Waals surface area (Å²) in [5, 5.41) is 23.1. The number of imidazole rings is 2. The number of benzene rings is 1. The van der Waals surface area contributed by atoms with Crippen molar-refractivity contribution >= 4 is 38.4 Å². The molecule has 1 aliphatic rings. The van der Waals surface area contributed by atoms with Crippen molar-refractivity contribution < 1.29 is 56.6 Å². The van der Waals surface area contributed by atoms with Crippen LogP contribution in [0.15, 0.2) is 54.1 Å². The second kappa shape index (κ2) is 13.8. The summed E-state index contributed by atoms with van der Waals surface area (Å²) in [6.45, 7) is 4.05. The number of aromatic nitrogens is 6. The van der Waals surface area contributed by atoms with E-state index in [0.717, 1.165) is 18.7 Å². The Labute approximate surface area is 277 Å². The van der Waals surface area contributed by atoms with Gasteiger partial charge in [-0.2, -0.15) is 4.31 Å². The number of hydrogen-bond acceptors (Lipinski definition) is 14. The van der Waals surface area contributed by atoms with Crippen LogP contribution in [0.25, 0.3) is 11.2 Å². The molecule has 5 rings (SSSR count). The number of ether oxygens (including phenoxy) is 3. The largest absolute Gasteiger partial charge is 0.480 e. The number of nitro benzene ring substituents is 1. The number of anilines is 1. The number of nitrogens with one attached hydrogen (secondary N) is 1. The minimum Gasteiger partial charge on any atom is -0.387 e. The first-order valence-corrected chi connectivity index (χ1v) is 17.5. The number of nitro groups is 1. The highest BCUT2D eigenvalue weighted by Crippen LogP contribution is 2.60. The van der Waals surface area contributed by atoms with Crippen molar-refractivity contribution in [1.82, 2.24) is 23.9 Å². The molecule has 0 radical (unpaired) electrons. The molecule has 4 heterocycles. The monoisotopic (exact) mass is 729 g/mol. The Morgan fingerprint density at radius 2 is 1.98 bits per heavy atom. The van der Waals surface area contributed by atoms with E-state index in [0.29, 0.717) is 4.34 Å². The van der Waals surface area contributed by atoms with Gasteiger partial charge in [-0.3, -0.25) is 29.0 Å². The molecule has 1 fully saturated rings.